The first-order valence-electron chi connectivity index (χ1n) is 6.86. The molecule has 0 radical (unpaired) electrons. The van der Waals surface area contributed by atoms with E-state index in [9.17, 15) is 17.6 Å². The molecule has 1 aromatic carbocycles. The summed E-state index contributed by atoms with van der Waals surface area (Å²) in [4.78, 5) is 9.92. The average molecular weight is 315 g/mol. The van der Waals surface area contributed by atoms with Crippen molar-refractivity contribution in [1.82, 2.24) is 4.72 Å². The minimum absolute atomic E-state index is 0.0677. The molecule has 0 heterocycles. The number of nitrogens with one attached hydrogen (secondary N) is 1. The minimum Gasteiger partial charge on any atom is -0.465 e. The third kappa shape index (κ3) is 4.25. The van der Waals surface area contributed by atoms with E-state index in [0.717, 1.165) is 31.7 Å². The molecular formula is C14H18FNO4S. The number of benzene rings is 1. The van der Waals surface area contributed by atoms with Gasteiger partial charge in [0.2, 0.25) is 10.0 Å². The highest BCUT2D eigenvalue weighted by atomic mass is 32.2. The minimum atomic E-state index is -3.83. The van der Waals surface area contributed by atoms with E-state index >= 15 is 0 Å². The van der Waals surface area contributed by atoms with Crippen LogP contribution < -0.4 is 4.72 Å². The molecule has 0 aliphatic heterocycles. The van der Waals surface area contributed by atoms with Gasteiger partial charge < -0.3 is 4.74 Å². The molecule has 0 saturated heterocycles. The number of hydrogen-bond acceptors (Lipinski definition) is 4. The van der Waals surface area contributed by atoms with Gasteiger partial charge in [0.1, 0.15) is 16.8 Å². The van der Waals surface area contributed by atoms with Crippen molar-refractivity contribution in [3.05, 3.63) is 30.1 Å². The summed E-state index contributed by atoms with van der Waals surface area (Å²) in [5, 5.41) is 0. The van der Waals surface area contributed by atoms with Crippen LogP contribution in [0.4, 0.5) is 4.39 Å². The topological polar surface area (TPSA) is 72.5 Å². The Morgan fingerprint density at radius 2 is 1.90 bits per heavy atom. The first-order valence-corrected chi connectivity index (χ1v) is 8.34. The van der Waals surface area contributed by atoms with Crippen molar-refractivity contribution in [3.8, 4) is 0 Å². The van der Waals surface area contributed by atoms with E-state index in [1.807, 2.05) is 0 Å². The van der Waals surface area contributed by atoms with E-state index in [2.05, 4.69) is 4.72 Å². The number of hydrogen-bond donors (Lipinski definition) is 1. The van der Waals surface area contributed by atoms with Crippen LogP contribution in [0.1, 0.15) is 25.7 Å². The van der Waals surface area contributed by atoms with Gasteiger partial charge in [0.05, 0.1) is 0 Å². The molecule has 0 aromatic heterocycles. The molecule has 1 fully saturated rings. The molecule has 1 aliphatic rings. The summed E-state index contributed by atoms with van der Waals surface area (Å²) >= 11 is 0. The third-order valence-corrected chi connectivity index (χ3v) is 5.19. The van der Waals surface area contributed by atoms with Crippen LogP contribution in [0.3, 0.4) is 0 Å². The zero-order valence-electron chi connectivity index (χ0n) is 11.5. The standard InChI is InChI=1S/C14H18FNO4S/c15-13-3-1-2-4-14(13)21(18,19)16-9-11-5-7-12(8-6-11)20-10-17/h1-4,10-12,16H,5-9H2. The zero-order valence-corrected chi connectivity index (χ0v) is 12.3. The van der Waals surface area contributed by atoms with Crippen molar-refractivity contribution in [2.24, 2.45) is 5.92 Å². The van der Waals surface area contributed by atoms with Crippen LogP contribution in [0.5, 0.6) is 0 Å². The maximum atomic E-state index is 13.5. The quantitative estimate of drug-likeness (QED) is 0.813. The molecule has 0 bridgehead atoms. The van der Waals surface area contributed by atoms with Crippen LogP contribution in [-0.4, -0.2) is 27.5 Å². The number of rotatable bonds is 6. The van der Waals surface area contributed by atoms with Crippen molar-refractivity contribution >= 4 is 16.5 Å². The van der Waals surface area contributed by atoms with Gasteiger partial charge in [-0.3, -0.25) is 4.79 Å². The molecule has 0 unspecified atom stereocenters. The molecule has 0 spiro atoms. The summed E-state index contributed by atoms with van der Waals surface area (Å²) in [6.45, 7) is 0.719. The first kappa shape index (κ1) is 15.9. The molecule has 1 saturated carbocycles. The Labute approximate surface area is 123 Å². The smallest absolute Gasteiger partial charge is 0.293 e. The second-order valence-corrected chi connectivity index (χ2v) is 6.89. The largest absolute Gasteiger partial charge is 0.465 e. The Morgan fingerprint density at radius 3 is 2.52 bits per heavy atom. The summed E-state index contributed by atoms with van der Waals surface area (Å²) in [6.07, 6.45) is 2.94. The summed E-state index contributed by atoms with van der Waals surface area (Å²) in [6, 6.07) is 5.30. The van der Waals surface area contributed by atoms with E-state index in [1.54, 1.807) is 0 Å². The molecule has 7 heteroatoms. The van der Waals surface area contributed by atoms with Crippen LogP contribution in [0.15, 0.2) is 29.2 Å². The molecule has 0 amide bonds. The molecule has 1 aliphatic carbocycles. The van der Waals surface area contributed by atoms with Gasteiger partial charge in [-0.15, -0.1) is 0 Å². The fourth-order valence-corrected chi connectivity index (χ4v) is 3.71. The average Bonchev–Trinajstić information content (AvgIpc) is 2.47. The van der Waals surface area contributed by atoms with Crippen LogP contribution in [-0.2, 0) is 19.6 Å². The number of carbonyl (C=O) groups excluding carboxylic acids is 1. The highest BCUT2D eigenvalue weighted by molar-refractivity contribution is 7.89. The van der Waals surface area contributed by atoms with Crippen LogP contribution in [0, 0.1) is 11.7 Å². The number of ether oxygens (including phenoxy) is 1. The van der Waals surface area contributed by atoms with Gasteiger partial charge in [-0.05, 0) is 43.7 Å². The van der Waals surface area contributed by atoms with Crippen molar-refractivity contribution in [2.45, 2.75) is 36.7 Å². The molecule has 1 N–H and O–H groups in total. The maximum Gasteiger partial charge on any atom is 0.293 e. The lowest BCUT2D eigenvalue weighted by atomic mass is 9.87. The summed E-state index contributed by atoms with van der Waals surface area (Å²) < 4.78 is 44.9. The van der Waals surface area contributed by atoms with Gasteiger partial charge in [-0.1, -0.05) is 12.1 Å². The summed E-state index contributed by atoms with van der Waals surface area (Å²) in [7, 11) is -3.83. The molecule has 116 valence electrons. The molecular weight excluding hydrogens is 297 g/mol. The molecule has 21 heavy (non-hydrogen) atoms. The highest BCUT2D eigenvalue weighted by Gasteiger charge is 2.24. The lowest BCUT2D eigenvalue weighted by Crippen LogP contribution is -2.33. The maximum absolute atomic E-state index is 13.5. The van der Waals surface area contributed by atoms with Gasteiger partial charge in [0.25, 0.3) is 6.47 Å². The SMILES string of the molecule is O=COC1CCC(CNS(=O)(=O)c2ccccc2F)CC1. The second-order valence-electron chi connectivity index (χ2n) is 5.16. The second kappa shape index (κ2) is 7.00. The van der Waals surface area contributed by atoms with Crippen molar-refractivity contribution in [3.63, 3.8) is 0 Å². The van der Waals surface area contributed by atoms with Crippen LogP contribution >= 0.6 is 0 Å². The monoisotopic (exact) mass is 315 g/mol. The lowest BCUT2D eigenvalue weighted by molar-refractivity contribution is -0.135. The Balaban J connectivity index is 1.89. The summed E-state index contributed by atoms with van der Waals surface area (Å²) in [5.74, 6) is -0.578. The van der Waals surface area contributed by atoms with Gasteiger partial charge in [-0.25, -0.2) is 17.5 Å². The zero-order chi connectivity index (χ0) is 15.3. The Kier molecular flexibility index (Phi) is 5.30. The van der Waals surface area contributed by atoms with E-state index < -0.39 is 15.8 Å². The van der Waals surface area contributed by atoms with Crippen molar-refractivity contribution < 1.29 is 22.3 Å². The fraction of sp³-hybridized carbons (Fsp3) is 0.500. The highest BCUT2D eigenvalue weighted by Crippen LogP contribution is 2.26. The van der Waals surface area contributed by atoms with E-state index in [-0.39, 0.29) is 23.5 Å². The fourth-order valence-electron chi connectivity index (χ4n) is 2.52. The summed E-state index contributed by atoms with van der Waals surface area (Å²) in [5.41, 5.74) is 0. The Bertz CT molecular complexity index is 582. The lowest BCUT2D eigenvalue weighted by Gasteiger charge is -2.27. The van der Waals surface area contributed by atoms with Crippen molar-refractivity contribution in [1.29, 1.82) is 0 Å². The van der Waals surface area contributed by atoms with Crippen molar-refractivity contribution in [2.75, 3.05) is 6.54 Å². The predicted molar refractivity (Wildman–Crippen MR) is 74.5 cm³/mol. The molecule has 2 rings (SSSR count). The molecule has 0 atom stereocenters. The van der Waals surface area contributed by atoms with Crippen LogP contribution in [0.2, 0.25) is 0 Å². The predicted octanol–water partition coefficient (Wildman–Crippen LogP) is 1.84. The number of sulfonamides is 1. The Hall–Kier alpha value is -1.47. The molecule has 1 aromatic rings. The van der Waals surface area contributed by atoms with E-state index in [4.69, 9.17) is 4.74 Å². The van der Waals surface area contributed by atoms with Gasteiger partial charge in [0.15, 0.2) is 0 Å². The molecule has 5 nitrogen and oxygen atoms in total. The van der Waals surface area contributed by atoms with Gasteiger partial charge in [-0.2, -0.15) is 0 Å². The van der Waals surface area contributed by atoms with Crippen LogP contribution in [0.25, 0.3) is 0 Å². The number of halogens is 1. The number of carbonyl (C=O) groups is 1. The third-order valence-electron chi connectivity index (χ3n) is 3.73. The first-order chi connectivity index (χ1) is 10.0. The normalized spacial score (nSPS) is 22.7. The van der Waals surface area contributed by atoms with E-state index in [1.165, 1.54) is 18.2 Å². The van der Waals surface area contributed by atoms with E-state index in [0.29, 0.717) is 6.47 Å². The van der Waals surface area contributed by atoms with Gasteiger partial charge in [0, 0.05) is 6.54 Å². The Morgan fingerprint density at radius 1 is 1.24 bits per heavy atom. The van der Waals surface area contributed by atoms with Gasteiger partial charge >= 0.3 is 0 Å².